The molecule has 0 saturated heterocycles. The molecule has 0 saturated carbocycles. The molecule has 9 heteroatoms. The molecule has 132 valence electrons. The molecule has 1 unspecified atom stereocenters. The second-order valence-corrected chi connectivity index (χ2v) is 5.42. The summed E-state index contributed by atoms with van der Waals surface area (Å²) < 4.78 is 12.5. The largest absolute Gasteiger partial charge is 0.371 e. The number of hydrogen-bond donors (Lipinski definition) is 1. The minimum absolute atomic E-state index is 0.180. The number of hydrogen-bond acceptors (Lipinski definition) is 6. The first kappa shape index (κ1) is 17.9. The molecule has 24 heavy (non-hydrogen) atoms. The summed E-state index contributed by atoms with van der Waals surface area (Å²) in [5.74, 6) is 1.77. The Hall–Kier alpha value is -2.42. The average Bonchev–Trinajstić information content (AvgIpc) is 3.17. The molecule has 9 nitrogen and oxygen atoms in total. The topological polar surface area (TPSA) is 93.6 Å². The van der Waals surface area contributed by atoms with Crippen LogP contribution in [0.3, 0.4) is 0 Å². The summed E-state index contributed by atoms with van der Waals surface area (Å²) in [4.78, 5) is 10.6. The third kappa shape index (κ3) is 4.79. The lowest BCUT2D eigenvalue weighted by Crippen LogP contribution is -2.38. The highest BCUT2D eigenvalue weighted by molar-refractivity contribution is 5.79. The van der Waals surface area contributed by atoms with Crippen LogP contribution in [-0.2, 0) is 24.9 Å². The molecule has 1 N–H and O–H groups in total. The zero-order valence-corrected chi connectivity index (χ0v) is 14.9. The molecular formula is C15H25N7O2. The van der Waals surface area contributed by atoms with E-state index in [9.17, 15) is 0 Å². The molecule has 2 rings (SSSR count). The first-order valence-electron chi connectivity index (χ1n) is 7.86. The summed E-state index contributed by atoms with van der Waals surface area (Å²) in [5, 5.41) is 11.3. The molecule has 0 radical (unpaired) electrons. The highest BCUT2D eigenvalue weighted by Crippen LogP contribution is 2.12. The lowest BCUT2D eigenvalue weighted by Gasteiger charge is -2.20. The fraction of sp³-hybridized carbons (Fsp3) is 0.600. The highest BCUT2D eigenvalue weighted by Gasteiger charge is 2.14. The fourth-order valence-electron chi connectivity index (χ4n) is 2.27. The molecule has 0 aliphatic rings. The van der Waals surface area contributed by atoms with E-state index < -0.39 is 0 Å². The maximum absolute atomic E-state index is 5.45. The molecule has 0 fully saturated rings. The van der Waals surface area contributed by atoms with Crippen molar-refractivity contribution in [3.63, 3.8) is 0 Å². The van der Waals surface area contributed by atoms with Crippen LogP contribution < -0.4 is 5.32 Å². The average molecular weight is 335 g/mol. The molecule has 2 heterocycles. The highest BCUT2D eigenvalue weighted by atomic mass is 16.5. The summed E-state index contributed by atoms with van der Waals surface area (Å²) in [6.07, 6.45) is 3.63. The number of aryl methyl sites for hydroxylation is 1. The van der Waals surface area contributed by atoms with Gasteiger partial charge in [-0.3, -0.25) is 9.67 Å². The van der Waals surface area contributed by atoms with Gasteiger partial charge in [-0.2, -0.15) is 10.1 Å². The van der Waals surface area contributed by atoms with E-state index in [4.69, 9.17) is 9.26 Å². The van der Waals surface area contributed by atoms with Gasteiger partial charge in [-0.1, -0.05) is 5.16 Å². The second kappa shape index (κ2) is 8.44. The molecule has 0 aliphatic heterocycles. The third-order valence-corrected chi connectivity index (χ3v) is 3.41. The van der Waals surface area contributed by atoms with Crippen LogP contribution in [0.25, 0.3) is 0 Å². The SMILES string of the molecule is CCOC(C)c1noc(CNC(=NC)N(C)Cc2cnn(C)c2)n1. The van der Waals surface area contributed by atoms with Crippen molar-refractivity contribution in [3.05, 3.63) is 29.7 Å². The molecule has 0 amide bonds. The molecule has 2 aromatic heterocycles. The van der Waals surface area contributed by atoms with Crippen LogP contribution in [0.5, 0.6) is 0 Å². The van der Waals surface area contributed by atoms with Crippen molar-refractivity contribution in [2.24, 2.45) is 12.0 Å². The lowest BCUT2D eigenvalue weighted by atomic mass is 10.3. The van der Waals surface area contributed by atoms with E-state index in [0.717, 1.165) is 11.5 Å². The minimum atomic E-state index is -0.180. The van der Waals surface area contributed by atoms with E-state index >= 15 is 0 Å². The van der Waals surface area contributed by atoms with E-state index in [-0.39, 0.29) is 6.10 Å². The van der Waals surface area contributed by atoms with Gasteiger partial charge < -0.3 is 19.5 Å². The molecule has 0 spiro atoms. The fourth-order valence-corrected chi connectivity index (χ4v) is 2.27. The van der Waals surface area contributed by atoms with Crippen LogP contribution in [-0.4, -0.2) is 51.5 Å². The Morgan fingerprint density at radius 3 is 2.96 bits per heavy atom. The Labute approximate surface area is 141 Å². The van der Waals surface area contributed by atoms with Gasteiger partial charge in [-0.05, 0) is 13.8 Å². The lowest BCUT2D eigenvalue weighted by molar-refractivity contribution is 0.0683. The van der Waals surface area contributed by atoms with Crippen molar-refractivity contribution in [2.45, 2.75) is 33.0 Å². The van der Waals surface area contributed by atoms with Crippen molar-refractivity contribution < 1.29 is 9.26 Å². The first-order valence-corrected chi connectivity index (χ1v) is 7.86. The van der Waals surface area contributed by atoms with Crippen LogP contribution in [0.4, 0.5) is 0 Å². The predicted molar refractivity (Wildman–Crippen MR) is 89.2 cm³/mol. The summed E-state index contributed by atoms with van der Waals surface area (Å²) in [7, 11) is 5.59. The summed E-state index contributed by atoms with van der Waals surface area (Å²) >= 11 is 0. The molecule has 1 atom stereocenters. The molecule has 2 aromatic rings. The normalized spacial score (nSPS) is 13.1. The van der Waals surface area contributed by atoms with Gasteiger partial charge in [0.25, 0.3) is 0 Å². The van der Waals surface area contributed by atoms with Gasteiger partial charge in [0.05, 0.1) is 12.7 Å². The Morgan fingerprint density at radius 1 is 1.54 bits per heavy atom. The Morgan fingerprint density at radius 2 is 2.33 bits per heavy atom. The second-order valence-electron chi connectivity index (χ2n) is 5.42. The van der Waals surface area contributed by atoms with Crippen molar-refractivity contribution >= 4 is 5.96 Å². The predicted octanol–water partition coefficient (Wildman–Crippen LogP) is 1.11. The maximum atomic E-state index is 5.45. The monoisotopic (exact) mass is 335 g/mol. The zero-order valence-electron chi connectivity index (χ0n) is 14.9. The quantitative estimate of drug-likeness (QED) is 0.598. The Bertz CT molecular complexity index is 664. The molecule has 0 aliphatic carbocycles. The third-order valence-electron chi connectivity index (χ3n) is 3.41. The van der Waals surface area contributed by atoms with E-state index in [1.54, 1.807) is 11.7 Å². The van der Waals surface area contributed by atoms with Crippen LogP contribution in [0.15, 0.2) is 21.9 Å². The van der Waals surface area contributed by atoms with Crippen LogP contribution in [0.1, 0.15) is 37.2 Å². The van der Waals surface area contributed by atoms with Crippen LogP contribution in [0, 0.1) is 0 Å². The number of nitrogens with zero attached hydrogens (tertiary/aromatic N) is 6. The van der Waals surface area contributed by atoms with Crippen LogP contribution in [0.2, 0.25) is 0 Å². The van der Waals surface area contributed by atoms with E-state index in [0.29, 0.717) is 31.4 Å². The number of ether oxygens (including phenoxy) is 1. The molecular weight excluding hydrogens is 310 g/mol. The summed E-state index contributed by atoms with van der Waals surface area (Å²) in [6, 6.07) is 0. The van der Waals surface area contributed by atoms with Gasteiger partial charge in [0, 0.05) is 46.1 Å². The van der Waals surface area contributed by atoms with Gasteiger partial charge >= 0.3 is 0 Å². The van der Waals surface area contributed by atoms with E-state index in [1.807, 2.05) is 45.2 Å². The Kier molecular flexibility index (Phi) is 6.30. The summed E-state index contributed by atoms with van der Waals surface area (Å²) in [6.45, 7) is 5.53. The Balaban J connectivity index is 1.89. The minimum Gasteiger partial charge on any atom is -0.371 e. The number of aromatic nitrogens is 4. The smallest absolute Gasteiger partial charge is 0.246 e. The number of aliphatic imine (C=N–C) groups is 1. The first-order chi connectivity index (χ1) is 11.5. The number of guanidine groups is 1. The van der Waals surface area contributed by atoms with Gasteiger partial charge in [0.15, 0.2) is 11.8 Å². The van der Waals surface area contributed by atoms with Crippen LogP contribution >= 0.6 is 0 Å². The van der Waals surface area contributed by atoms with E-state index in [1.165, 1.54) is 0 Å². The zero-order chi connectivity index (χ0) is 17.5. The molecule has 0 bridgehead atoms. The number of rotatable bonds is 7. The molecule has 0 aromatic carbocycles. The van der Waals surface area contributed by atoms with E-state index in [2.05, 4.69) is 25.5 Å². The van der Waals surface area contributed by atoms with Crippen molar-refractivity contribution in [2.75, 3.05) is 20.7 Å². The standard InChI is InChI=1S/C15H25N7O2/c1-6-23-11(2)14-19-13(24-20-14)8-17-15(16-3)21(4)9-12-7-18-22(5)10-12/h7,10-11H,6,8-9H2,1-5H3,(H,16,17). The van der Waals surface area contributed by atoms with Crippen molar-refractivity contribution in [1.29, 1.82) is 0 Å². The maximum Gasteiger partial charge on any atom is 0.246 e. The van der Waals surface area contributed by atoms with Crippen molar-refractivity contribution in [1.82, 2.24) is 30.1 Å². The van der Waals surface area contributed by atoms with Gasteiger partial charge in [0.2, 0.25) is 5.89 Å². The van der Waals surface area contributed by atoms with Crippen molar-refractivity contribution in [3.8, 4) is 0 Å². The number of nitrogens with one attached hydrogen (secondary N) is 1. The van der Waals surface area contributed by atoms with Gasteiger partial charge in [0.1, 0.15) is 6.10 Å². The summed E-state index contributed by atoms with van der Waals surface area (Å²) in [5.41, 5.74) is 1.11. The van der Waals surface area contributed by atoms with Gasteiger partial charge in [-0.15, -0.1) is 0 Å². The van der Waals surface area contributed by atoms with Gasteiger partial charge in [-0.25, -0.2) is 0 Å².